The number of hydrogen-bond acceptors (Lipinski definition) is 4. The van der Waals surface area contributed by atoms with Crippen LogP contribution in [0.1, 0.15) is 32.1 Å². The number of aliphatic carboxylic acids is 1. The van der Waals surface area contributed by atoms with Crippen molar-refractivity contribution in [1.29, 1.82) is 0 Å². The number of likely N-dealkylation sites (tertiary alicyclic amines) is 1. The van der Waals surface area contributed by atoms with Gasteiger partial charge < -0.3 is 19.5 Å². The Kier molecular flexibility index (Phi) is 5.41. The van der Waals surface area contributed by atoms with Gasteiger partial charge in [0.05, 0.1) is 18.6 Å². The molecule has 0 aromatic carbocycles. The fourth-order valence-electron chi connectivity index (χ4n) is 2.67. The third-order valence-corrected chi connectivity index (χ3v) is 3.66. The van der Waals surface area contributed by atoms with E-state index in [-0.39, 0.29) is 12.5 Å². The van der Waals surface area contributed by atoms with E-state index in [9.17, 15) is 4.79 Å². The van der Waals surface area contributed by atoms with Crippen molar-refractivity contribution in [1.82, 2.24) is 4.90 Å². The predicted molar refractivity (Wildman–Crippen MR) is 66.6 cm³/mol. The number of ether oxygens (including phenoxy) is 2. The number of carbonyl (C=O) groups is 1. The van der Waals surface area contributed by atoms with Gasteiger partial charge >= 0.3 is 5.97 Å². The molecule has 2 saturated heterocycles. The zero-order chi connectivity index (χ0) is 12.8. The molecule has 5 nitrogen and oxygen atoms in total. The highest BCUT2D eigenvalue weighted by molar-refractivity contribution is 5.66. The Hall–Kier alpha value is -0.650. The van der Waals surface area contributed by atoms with Crippen LogP contribution in [0.3, 0.4) is 0 Å². The largest absolute Gasteiger partial charge is 0.481 e. The van der Waals surface area contributed by atoms with Crippen LogP contribution in [0.2, 0.25) is 0 Å². The molecule has 1 atom stereocenters. The van der Waals surface area contributed by atoms with Gasteiger partial charge in [-0.1, -0.05) is 0 Å². The molecular formula is C13H23NO4. The molecule has 2 heterocycles. The van der Waals surface area contributed by atoms with Gasteiger partial charge in [-0.05, 0) is 32.2 Å². The molecule has 18 heavy (non-hydrogen) atoms. The minimum Gasteiger partial charge on any atom is -0.481 e. The highest BCUT2D eigenvalue weighted by atomic mass is 16.5. The van der Waals surface area contributed by atoms with E-state index in [1.54, 1.807) is 0 Å². The van der Waals surface area contributed by atoms with Crippen molar-refractivity contribution in [2.75, 3.05) is 32.8 Å². The number of carboxylic acids is 1. The summed E-state index contributed by atoms with van der Waals surface area (Å²) in [5.41, 5.74) is 0. The van der Waals surface area contributed by atoms with E-state index >= 15 is 0 Å². The Morgan fingerprint density at radius 3 is 2.78 bits per heavy atom. The van der Waals surface area contributed by atoms with Gasteiger partial charge in [-0.15, -0.1) is 0 Å². The molecule has 0 radical (unpaired) electrons. The molecule has 0 aromatic heterocycles. The molecule has 2 fully saturated rings. The van der Waals surface area contributed by atoms with Crippen molar-refractivity contribution in [3.63, 3.8) is 0 Å². The summed E-state index contributed by atoms with van der Waals surface area (Å²) in [6, 6.07) is 0. The molecule has 0 aromatic rings. The maximum atomic E-state index is 10.6. The van der Waals surface area contributed by atoms with Gasteiger partial charge in [0.25, 0.3) is 0 Å². The van der Waals surface area contributed by atoms with E-state index in [0.717, 1.165) is 52.0 Å². The quantitative estimate of drug-likeness (QED) is 0.800. The lowest BCUT2D eigenvalue weighted by molar-refractivity contribution is -0.137. The second-order valence-electron chi connectivity index (χ2n) is 5.16. The van der Waals surface area contributed by atoms with Gasteiger partial charge in [0.1, 0.15) is 0 Å². The fraction of sp³-hybridized carbons (Fsp3) is 0.923. The van der Waals surface area contributed by atoms with Gasteiger partial charge in [0.2, 0.25) is 0 Å². The monoisotopic (exact) mass is 257 g/mol. The van der Waals surface area contributed by atoms with Crippen molar-refractivity contribution in [2.45, 2.75) is 44.3 Å². The maximum Gasteiger partial charge on any atom is 0.304 e. The lowest BCUT2D eigenvalue weighted by Gasteiger charge is -2.35. The van der Waals surface area contributed by atoms with Crippen molar-refractivity contribution < 1.29 is 19.4 Å². The average molecular weight is 257 g/mol. The molecule has 2 rings (SSSR count). The fourth-order valence-corrected chi connectivity index (χ4v) is 2.67. The minimum absolute atomic E-state index is 0.226. The number of hydrogen-bond donors (Lipinski definition) is 1. The Morgan fingerprint density at radius 1 is 1.28 bits per heavy atom. The molecule has 0 saturated carbocycles. The smallest absolute Gasteiger partial charge is 0.304 e. The summed E-state index contributed by atoms with van der Waals surface area (Å²) in [6.07, 6.45) is 5.02. The lowest BCUT2D eigenvalue weighted by Crippen LogP contribution is -2.42. The van der Waals surface area contributed by atoms with E-state index in [2.05, 4.69) is 4.90 Å². The van der Waals surface area contributed by atoms with Crippen molar-refractivity contribution in [2.24, 2.45) is 0 Å². The van der Waals surface area contributed by atoms with Crippen LogP contribution in [0.5, 0.6) is 0 Å². The molecule has 0 spiro atoms. The first kappa shape index (κ1) is 13.8. The van der Waals surface area contributed by atoms with Gasteiger partial charge in [-0.25, -0.2) is 0 Å². The van der Waals surface area contributed by atoms with E-state index in [4.69, 9.17) is 14.6 Å². The summed E-state index contributed by atoms with van der Waals surface area (Å²) in [6.45, 7) is 4.13. The summed E-state index contributed by atoms with van der Waals surface area (Å²) >= 11 is 0. The molecular weight excluding hydrogens is 234 g/mol. The Morgan fingerprint density at radius 2 is 2.06 bits per heavy atom. The van der Waals surface area contributed by atoms with Crippen LogP contribution >= 0.6 is 0 Å². The van der Waals surface area contributed by atoms with Crippen LogP contribution in [0, 0.1) is 0 Å². The summed E-state index contributed by atoms with van der Waals surface area (Å²) in [7, 11) is 0. The number of carboxylic acid groups (broad SMARTS) is 1. The van der Waals surface area contributed by atoms with Crippen LogP contribution in [0.4, 0.5) is 0 Å². The van der Waals surface area contributed by atoms with Crippen LogP contribution < -0.4 is 0 Å². The lowest BCUT2D eigenvalue weighted by atomic mass is 10.1. The van der Waals surface area contributed by atoms with E-state index in [0.29, 0.717) is 12.6 Å². The van der Waals surface area contributed by atoms with Gasteiger partial charge in [-0.3, -0.25) is 4.79 Å². The average Bonchev–Trinajstić information content (AvgIpc) is 2.38. The molecule has 2 aliphatic heterocycles. The van der Waals surface area contributed by atoms with E-state index in [1.165, 1.54) is 0 Å². The first-order valence-corrected chi connectivity index (χ1v) is 6.91. The molecule has 104 valence electrons. The summed E-state index contributed by atoms with van der Waals surface area (Å²) in [5, 5.41) is 8.70. The molecule has 1 unspecified atom stereocenters. The maximum absolute atomic E-state index is 10.6. The van der Waals surface area contributed by atoms with Gasteiger partial charge in [-0.2, -0.15) is 0 Å². The second-order valence-corrected chi connectivity index (χ2v) is 5.16. The molecule has 0 amide bonds. The molecule has 0 aliphatic carbocycles. The van der Waals surface area contributed by atoms with Gasteiger partial charge in [0.15, 0.2) is 0 Å². The normalized spacial score (nSPS) is 27.2. The van der Waals surface area contributed by atoms with Crippen molar-refractivity contribution >= 4 is 5.97 Å². The van der Waals surface area contributed by atoms with Crippen molar-refractivity contribution in [3.8, 4) is 0 Å². The zero-order valence-electron chi connectivity index (χ0n) is 10.8. The number of nitrogens with zero attached hydrogens (tertiary/aromatic N) is 1. The summed E-state index contributed by atoms with van der Waals surface area (Å²) in [5.74, 6) is -0.720. The Labute approximate surface area is 108 Å². The van der Waals surface area contributed by atoms with E-state index < -0.39 is 5.97 Å². The highest BCUT2D eigenvalue weighted by Crippen LogP contribution is 2.19. The predicted octanol–water partition coefficient (Wildman–Crippen LogP) is 1.12. The third kappa shape index (κ3) is 4.55. The van der Waals surface area contributed by atoms with Crippen LogP contribution in [0.15, 0.2) is 0 Å². The first-order chi connectivity index (χ1) is 8.74. The zero-order valence-corrected chi connectivity index (χ0v) is 10.8. The van der Waals surface area contributed by atoms with Crippen molar-refractivity contribution in [3.05, 3.63) is 0 Å². The summed E-state index contributed by atoms with van der Waals surface area (Å²) in [4.78, 5) is 12.8. The molecule has 2 aliphatic rings. The minimum atomic E-state index is -0.720. The summed E-state index contributed by atoms with van der Waals surface area (Å²) < 4.78 is 11.4. The van der Waals surface area contributed by atoms with Crippen LogP contribution in [-0.2, 0) is 14.3 Å². The van der Waals surface area contributed by atoms with Gasteiger partial charge in [0, 0.05) is 26.3 Å². The first-order valence-electron chi connectivity index (χ1n) is 6.91. The topological polar surface area (TPSA) is 59.0 Å². The number of piperidine rings is 1. The van der Waals surface area contributed by atoms with E-state index in [1.807, 2.05) is 0 Å². The Bertz CT molecular complexity index is 266. The third-order valence-electron chi connectivity index (χ3n) is 3.66. The second kappa shape index (κ2) is 7.07. The highest BCUT2D eigenvalue weighted by Gasteiger charge is 2.24. The van der Waals surface area contributed by atoms with Crippen LogP contribution in [-0.4, -0.2) is 61.0 Å². The standard InChI is InChI=1S/C13H23NO4/c15-13(16)3-7-14-6-1-2-12(10-14)18-11-4-8-17-9-5-11/h11-12H,1-10H2,(H,15,16). The molecule has 5 heteroatoms. The molecule has 0 bridgehead atoms. The SMILES string of the molecule is O=C(O)CCN1CCCC(OC2CCOCC2)C1. The van der Waals surface area contributed by atoms with Crippen LogP contribution in [0.25, 0.3) is 0 Å². The Balaban J connectivity index is 1.70. The number of rotatable bonds is 5. The molecule has 1 N–H and O–H groups in total.